The fourth-order valence-corrected chi connectivity index (χ4v) is 0.799. The van der Waals surface area contributed by atoms with Crippen molar-refractivity contribution in [2.24, 2.45) is 0 Å². The van der Waals surface area contributed by atoms with Crippen LogP contribution in [0.4, 0.5) is 0 Å². The van der Waals surface area contributed by atoms with Gasteiger partial charge in [0, 0.05) is 0 Å². The molecule has 0 aliphatic rings. The first kappa shape index (κ1) is 9.48. The molecule has 0 aromatic carbocycles. The maximum atomic E-state index is 2.23. The molecule has 0 aromatic heterocycles. The summed E-state index contributed by atoms with van der Waals surface area (Å²) in [5.74, 6) is 0. The first-order valence-electron chi connectivity index (χ1n) is 4.09. The molecule has 0 heteroatoms. The van der Waals surface area contributed by atoms with E-state index in [-0.39, 0.29) is 0 Å². The molecule has 0 heterocycles. The zero-order chi connectivity index (χ0) is 7.82. The van der Waals surface area contributed by atoms with Gasteiger partial charge in [-0.1, -0.05) is 37.1 Å². The van der Waals surface area contributed by atoms with Crippen LogP contribution in [0.2, 0.25) is 0 Å². The highest BCUT2D eigenvalue weighted by Gasteiger charge is 1.85. The van der Waals surface area contributed by atoms with E-state index < -0.39 is 0 Å². The molecular formula is C10H18. The van der Waals surface area contributed by atoms with Gasteiger partial charge in [0.1, 0.15) is 0 Å². The summed E-state index contributed by atoms with van der Waals surface area (Å²) in [7, 11) is 0. The van der Waals surface area contributed by atoms with E-state index in [9.17, 15) is 0 Å². The molecule has 0 aromatic rings. The number of unbranched alkanes of at least 4 members (excludes halogenated alkanes) is 1. The van der Waals surface area contributed by atoms with E-state index in [1.54, 1.807) is 0 Å². The van der Waals surface area contributed by atoms with Crippen molar-refractivity contribution in [3.05, 3.63) is 23.8 Å². The molecule has 0 N–H and O–H groups in total. The summed E-state index contributed by atoms with van der Waals surface area (Å²) in [6, 6.07) is 0. The summed E-state index contributed by atoms with van der Waals surface area (Å²) in [4.78, 5) is 0. The summed E-state index contributed by atoms with van der Waals surface area (Å²) >= 11 is 0. The van der Waals surface area contributed by atoms with Gasteiger partial charge < -0.3 is 0 Å². The highest BCUT2D eigenvalue weighted by molar-refractivity contribution is 5.09. The summed E-state index contributed by atoms with van der Waals surface area (Å²) in [6.45, 7) is 6.46. The molecule has 0 aliphatic heterocycles. The van der Waals surface area contributed by atoms with Crippen molar-refractivity contribution >= 4 is 0 Å². The number of rotatable bonds is 4. The number of hydrogen-bond donors (Lipinski definition) is 0. The highest BCUT2D eigenvalue weighted by Crippen LogP contribution is 2.05. The maximum Gasteiger partial charge on any atom is -0.0320 e. The van der Waals surface area contributed by atoms with Gasteiger partial charge in [0.25, 0.3) is 0 Å². The van der Waals surface area contributed by atoms with Crippen molar-refractivity contribution < 1.29 is 0 Å². The van der Waals surface area contributed by atoms with Crippen LogP contribution in [0.25, 0.3) is 0 Å². The molecule has 0 fully saturated rings. The fourth-order valence-electron chi connectivity index (χ4n) is 0.799. The second kappa shape index (κ2) is 6.60. The van der Waals surface area contributed by atoms with Crippen LogP contribution in [0.15, 0.2) is 23.8 Å². The van der Waals surface area contributed by atoms with E-state index in [4.69, 9.17) is 0 Å². The van der Waals surface area contributed by atoms with Gasteiger partial charge in [-0.15, -0.1) is 0 Å². The van der Waals surface area contributed by atoms with Crippen molar-refractivity contribution in [1.82, 2.24) is 0 Å². The number of hydrogen-bond acceptors (Lipinski definition) is 0. The van der Waals surface area contributed by atoms with Crippen LogP contribution < -0.4 is 0 Å². The summed E-state index contributed by atoms with van der Waals surface area (Å²) in [5.41, 5.74) is 1.49. The molecule has 0 bridgehead atoms. The molecule has 0 saturated carbocycles. The average molecular weight is 138 g/mol. The number of allylic oxidation sites excluding steroid dienone is 4. The van der Waals surface area contributed by atoms with Gasteiger partial charge in [0.2, 0.25) is 0 Å². The van der Waals surface area contributed by atoms with Crippen molar-refractivity contribution in [2.45, 2.75) is 40.0 Å². The topological polar surface area (TPSA) is 0 Å². The lowest BCUT2D eigenvalue weighted by atomic mass is 10.1. The Morgan fingerprint density at radius 3 is 2.60 bits per heavy atom. The lowest BCUT2D eigenvalue weighted by Gasteiger charge is -1.95. The lowest BCUT2D eigenvalue weighted by molar-refractivity contribution is 0.787. The van der Waals surface area contributed by atoms with Crippen molar-refractivity contribution in [2.75, 3.05) is 0 Å². The molecule has 0 rings (SSSR count). The average Bonchev–Trinajstić information content (AvgIpc) is 1.97. The Hall–Kier alpha value is -0.520. The minimum absolute atomic E-state index is 1.25. The van der Waals surface area contributed by atoms with E-state index in [0.717, 1.165) is 0 Å². The van der Waals surface area contributed by atoms with Crippen LogP contribution in [0.1, 0.15) is 40.0 Å². The van der Waals surface area contributed by atoms with Crippen LogP contribution in [0.3, 0.4) is 0 Å². The Bertz CT molecular complexity index is 118. The second-order valence-electron chi connectivity index (χ2n) is 2.64. The van der Waals surface area contributed by atoms with E-state index >= 15 is 0 Å². The van der Waals surface area contributed by atoms with Gasteiger partial charge in [0.05, 0.1) is 0 Å². The first-order valence-corrected chi connectivity index (χ1v) is 4.09. The Morgan fingerprint density at radius 1 is 1.40 bits per heavy atom. The highest BCUT2D eigenvalue weighted by atomic mass is 13.9. The molecular weight excluding hydrogens is 120 g/mol. The summed E-state index contributed by atoms with van der Waals surface area (Å²) < 4.78 is 0. The van der Waals surface area contributed by atoms with Crippen molar-refractivity contribution in [3.63, 3.8) is 0 Å². The Kier molecular flexibility index (Phi) is 6.25. The van der Waals surface area contributed by atoms with Gasteiger partial charge in [-0.05, 0) is 26.7 Å². The largest absolute Gasteiger partial charge is 0.0877 e. The monoisotopic (exact) mass is 138 g/mol. The zero-order valence-corrected chi connectivity index (χ0v) is 7.35. The molecule has 0 amide bonds. The van der Waals surface area contributed by atoms with Crippen LogP contribution in [-0.2, 0) is 0 Å². The fraction of sp³-hybridized carbons (Fsp3) is 0.600. The third-order valence-electron chi connectivity index (χ3n) is 1.50. The predicted molar refractivity (Wildman–Crippen MR) is 48.1 cm³/mol. The van der Waals surface area contributed by atoms with Crippen LogP contribution in [0, 0.1) is 0 Å². The molecule has 10 heavy (non-hydrogen) atoms. The first-order chi connectivity index (χ1) is 4.81. The zero-order valence-electron chi connectivity index (χ0n) is 7.35. The maximum absolute atomic E-state index is 2.23. The van der Waals surface area contributed by atoms with Gasteiger partial charge in [0.15, 0.2) is 0 Å². The van der Waals surface area contributed by atoms with Gasteiger partial charge in [-0.25, -0.2) is 0 Å². The molecule has 0 nitrogen and oxygen atoms in total. The molecule has 0 spiro atoms. The molecule has 0 saturated heterocycles. The smallest absolute Gasteiger partial charge is 0.0320 e. The molecule has 0 aliphatic carbocycles. The minimum atomic E-state index is 1.25. The van der Waals surface area contributed by atoms with E-state index in [1.807, 2.05) is 6.92 Å². The van der Waals surface area contributed by atoms with Crippen molar-refractivity contribution in [3.8, 4) is 0 Å². The predicted octanol–water partition coefficient (Wildman–Crippen LogP) is 3.70. The molecule has 0 atom stereocenters. The van der Waals surface area contributed by atoms with Gasteiger partial charge in [-0.2, -0.15) is 0 Å². The van der Waals surface area contributed by atoms with Gasteiger partial charge in [-0.3, -0.25) is 0 Å². The van der Waals surface area contributed by atoms with Crippen LogP contribution >= 0.6 is 0 Å². The quantitative estimate of drug-likeness (QED) is 0.520. The van der Waals surface area contributed by atoms with Gasteiger partial charge >= 0.3 is 0 Å². The lowest BCUT2D eigenvalue weighted by Crippen LogP contribution is -1.75. The van der Waals surface area contributed by atoms with E-state index in [1.165, 1.54) is 24.8 Å². The molecule has 0 radical (unpaired) electrons. The third-order valence-corrected chi connectivity index (χ3v) is 1.50. The van der Waals surface area contributed by atoms with Crippen molar-refractivity contribution in [1.29, 1.82) is 0 Å². The molecule has 58 valence electrons. The van der Waals surface area contributed by atoms with Crippen LogP contribution in [-0.4, -0.2) is 0 Å². The Labute approximate surface area is 64.6 Å². The second-order valence-corrected chi connectivity index (χ2v) is 2.64. The summed E-state index contributed by atoms with van der Waals surface area (Å²) in [6.07, 6.45) is 10.2. The Balaban J connectivity index is 3.49. The normalized spacial score (nSPS) is 12.9. The minimum Gasteiger partial charge on any atom is -0.0877 e. The van der Waals surface area contributed by atoms with Crippen LogP contribution in [0.5, 0.6) is 0 Å². The van der Waals surface area contributed by atoms with E-state index in [0.29, 0.717) is 0 Å². The summed E-state index contributed by atoms with van der Waals surface area (Å²) in [5, 5.41) is 0. The van der Waals surface area contributed by atoms with E-state index in [2.05, 4.69) is 32.1 Å². The Morgan fingerprint density at radius 2 is 2.10 bits per heavy atom. The standard InChI is InChI=1S/C10H18/c1-4-6-8-10(3)9-7-5-2/h4,6,8H,5,7,9H2,1-3H3/b6-4-,10-8+. The SMILES string of the molecule is C/C=C\C=C(/C)CCCC. The molecule has 0 unspecified atom stereocenters. The third kappa shape index (κ3) is 5.61.